The summed E-state index contributed by atoms with van der Waals surface area (Å²) in [5.74, 6) is 0.180. The summed E-state index contributed by atoms with van der Waals surface area (Å²) in [6, 6.07) is 21.4. The molecule has 2 N–H and O–H groups in total. The molecule has 4 nitrogen and oxygen atoms in total. The third kappa shape index (κ3) is 3.09. The molecular formula is C22H19N3O. The van der Waals surface area contributed by atoms with Crippen LogP contribution in [0.4, 0.5) is 5.69 Å². The van der Waals surface area contributed by atoms with Crippen LogP contribution in [0.1, 0.15) is 22.9 Å². The second kappa shape index (κ2) is 6.84. The molecule has 4 aromatic rings. The molecule has 0 spiro atoms. The predicted octanol–water partition coefficient (Wildman–Crippen LogP) is 4.85. The quantitative estimate of drug-likeness (QED) is 0.557. The Labute approximate surface area is 152 Å². The van der Waals surface area contributed by atoms with Crippen molar-refractivity contribution in [3.8, 4) is 5.75 Å². The van der Waals surface area contributed by atoms with Crippen molar-refractivity contribution in [1.29, 1.82) is 0 Å². The number of fused-ring (bicyclic) bond motifs is 1. The number of anilines is 1. The molecule has 1 atom stereocenters. The number of benzene rings is 2. The lowest BCUT2D eigenvalue weighted by Crippen LogP contribution is -2.14. The zero-order valence-corrected chi connectivity index (χ0v) is 14.4. The Hall–Kier alpha value is -3.40. The Morgan fingerprint density at radius 2 is 1.77 bits per heavy atom. The summed E-state index contributed by atoms with van der Waals surface area (Å²) in [7, 11) is 0. The van der Waals surface area contributed by atoms with Gasteiger partial charge in [-0.1, -0.05) is 36.4 Å². The fourth-order valence-electron chi connectivity index (χ4n) is 3.14. The highest BCUT2D eigenvalue weighted by molar-refractivity contribution is 5.85. The highest BCUT2D eigenvalue weighted by Crippen LogP contribution is 2.35. The molecule has 0 aliphatic carbocycles. The minimum absolute atomic E-state index is 0.180. The van der Waals surface area contributed by atoms with Crippen LogP contribution in [0.5, 0.6) is 5.75 Å². The maximum atomic E-state index is 10.9. The molecule has 0 saturated heterocycles. The number of aromatic hydroxyl groups is 1. The largest absolute Gasteiger partial charge is 0.505 e. The fourth-order valence-corrected chi connectivity index (χ4v) is 3.14. The summed E-state index contributed by atoms with van der Waals surface area (Å²) < 4.78 is 0. The molecule has 0 unspecified atom stereocenters. The SMILES string of the molecule is Cc1cccc(N[C@H](c2ccccn2)c2ccc3cccnc3c2O)c1. The maximum absolute atomic E-state index is 10.9. The lowest BCUT2D eigenvalue weighted by molar-refractivity contribution is 0.471. The van der Waals surface area contributed by atoms with E-state index in [9.17, 15) is 5.11 Å². The molecular weight excluding hydrogens is 322 g/mol. The van der Waals surface area contributed by atoms with Crippen molar-refractivity contribution < 1.29 is 5.11 Å². The van der Waals surface area contributed by atoms with Crippen LogP contribution in [0.2, 0.25) is 0 Å². The number of pyridine rings is 2. The Balaban J connectivity index is 1.84. The van der Waals surface area contributed by atoms with Gasteiger partial charge in [0.05, 0.1) is 11.7 Å². The Kier molecular flexibility index (Phi) is 4.23. The van der Waals surface area contributed by atoms with Crippen molar-refractivity contribution in [2.75, 3.05) is 5.32 Å². The predicted molar refractivity (Wildman–Crippen MR) is 104 cm³/mol. The van der Waals surface area contributed by atoms with Gasteiger partial charge in [0.1, 0.15) is 11.3 Å². The van der Waals surface area contributed by atoms with Gasteiger partial charge in [0, 0.05) is 29.0 Å². The zero-order valence-electron chi connectivity index (χ0n) is 14.4. The van der Waals surface area contributed by atoms with Gasteiger partial charge in [-0.2, -0.15) is 0 Å². The first kappa shape index (κ1) is 16.1. The average Bonchev–Trinajstić information content (AvgIpc) is 2.68. The fraction of sp³-hybridized carbons (Fsp3) is 0.0909. The highest BCUT2D eigenvalue weighted by Gasteiger charge is 2.20. The van der Waals surface area contributed by atoms with Crippen molar-refractivity contribution in [3.63, 3.8) is 0 Å². The van der Waals surface area contributed by atoms with Gasteiger partial charge in [-0.15, -0.1) is 0 Å². The molecule has 2 heterocycles. The third-order valence-corrected chi connectivity index (χ3v) is 4.40. The van der Waals surface area contributed by atoms with Crippen LogP contribution >= 0.6 is 0 Å². The van der Waals surface area contributed by atoms with Crippen LogP contribution in [0.15, 0.2) is 79.1 Å². The topological polar surface area (TPSA) is 58.0 Å². The van der Waals surface area contributed by atoms with Gasteiger partial charge in [-0.3, -0.25) is 9.97 Å². The highest BCUT2D eigenvalue weighted by atomic mass is 16.3. The van der Waals surface area contributed by atoms with Gasteiger partial charge in [-0.25, -0.2) is 0 Å². The molecule has 0 aliphatic heterocycles. The standard InChI is InChI=1S/C22H19N3O/c1-15-6-4-8-17(14-15)25-21(19-9-2-3-12-23-19)18-11-10-16-7-5-13-24-20(16)22(18)26/h2-14,21,25-26H,1H3/t21-/m0/s1. The average molecular weight is 341 g/mol. The summed E-state index contributed by atoms with van der Waals surface area (Å²) in [5, 5.41) is 15.3. The smallest absolute Gasteiger partial charge is 0.147 e. The molecule has 26 heavy (non-hydrogen) atoms. The summed E-state index contributed by atoms with van der Waals surface area (Å²) in [4.78, 5) is 8.84. The van der Waals surface area contributed by atoms with Crippen LogP contribution in [-0.2, 0) is 0 Å². The monoisotopic (exact) mass is 341 g/mol. The van der Waals surface area contributed by atoms with E-state index in [1.54, 1.807) is 12.4 Å². The molecule has 0 saturated carbocycles. The van der Waals surface area contributed by atoms with E-state index in [-0.39, 0.29) is 11.8 Å². The third-order valence-electron chi connectivity index (χ3n) is 4.40. The molecule has 2 aromatic carbocycles. The van der Waals surface area contributed by atoms with Crippen LogP contribution in [0.3, 0.4) is 0 Å². The van der Waals surface area contributed by atoms with Crippen LogP contribution < -0.4 is 5.32 Å². The molecule has 0 amide bonds. The van der Waals surface area contributed by atoms with Crippen LogP contribution in [-0.4, -0.2) is 15.1 Å². The number of aromatic nitrogens is 2. The number of phenolic OH excluding ortho intramolecular Hbond substituents is 1. The lowest BCUT2D eigenvalue weighted by atomic mass is 9.99. The van der Waals surface area contributed by atoms with E-state index in [0.29, 0.717) is 5.52 Å². The van der Waals surface area contributed by atoms with E-state index in [1.807, 2.05) is 54.6 Å². The molecule has 0 radical (unpaired) electrons. The second-order valence-electron chi connectivity index (χ2n) is 6.28. The first-order valence-electron chi connectivity index (χ1n) is 8.53. The summed E-state index contributed by atoms with van der Waals surface area (Å²) >= 11 is 0. The molecule has 0 bridgehead atoms. The van der Waals surface area contributed by atoms with Gasteiger partial charge in [0.2, 0.25) is 0 Å². The number of nitrogens with zero attached hydrogens (tertiary/aromatic N) is 2. The summed E-state index contributed by atoms with van der Waals surface area (Å²) in [6.07, 6.45) is 3.45. The molecule has 2 aromatic heterocycles. The van der Waals surface area contributed by atoms with Crippen molar-refractivity contribution >= 4 is 16.6 Å². The number of hydrogen-bond donors (Lipinski definition) is 2. The van der Waals surface area contributed by atoms with E-state index < -0.39 is 0 Å². The van der Waals surface area contributed by atoms with Crippen molar-refractivity contribution in [2.24, 2.45) is 0 Å². The second-order valence-corrected chi connectivity index (χ2v) is 6.28. The zero-order chi connectivity index (χ0) is 17.9. The van der Waals surface area contributed by atoms with Crippen molar-refractivity contribution in [1.82, 2.24) is 9.97 Å². The number of rotatable bonds is 4. The first-order chi connectivity index (χ1) is 12.7. The molecule has 4 rings (SSSR count). The number of aryl methyl sites for hydroxylation is 1. The molecule has 0 aliphatic rings. The van der Waals surface area contributed by atoms with E-state index in [0.717, 1.165) is 22.3 Å². The van der Waals surface area contributed by atoms with Gasteiger partial charge in [0.15, 0.2) is 0 Å². The summed E-state index contributed by atoms with van der Waals surface area (Å²) in [6.45, 7) is 2.05. The minimum Gasteiger partial charge on any atom is -0.505 e. The van der Waals surface area contributed by atoms with Crippen molar-refractivity contribution in [2.45, 2.75) is 13.0 Å². The Bertz CT molecular complexity index is 1050. The number of nitrogens with one attached hydrogen (secondary N) is 1. The molecule has 128 valence electrons. The van der Waals surface area contributed by atoms with Gasteiger partial charge in [0.25, 0.3) is 0 Å². The summed E-state index contributed by atoms with van der Waals surface area (Å²) in [5.41, 5.74) is 4.31. The van der Waals surface area contributed by atoms with Gasteiger partial charge < -0.3 is 10.4 Å². The normalized spacial score (nSPS) is 12.0. The van der Waals surface area contributed by atoms with Crippen molar-refractivity contribution in [3.05, 3.63) is 95.9 Å². The Morgan fingerprint density at radius 3 is 2.58 bits per heavy atom. The van der Waals surface area contributed by atoms with Crippen LogP contribution in [0.25, 0.3) is 10.9 Å². The maximum Gasteiger partial charge on any atom is 0.147 e. The van der Waals surface area contributed by atoms with E-state index >= 15 is 0 Å². The minimum atomic E-state index is -0.288. The number of phenols is 1. The van der Waals surface area contributed by atoms with E-state index in [1.165, 1.54) is 5.56 Å². The van der Waals surface area contributed by atoms with Gasteiger partial charge in [-0.05, 0) is 42.8 Å². The van der Waals surface area contributed by atoms with Crippen LogP contribution in [0, 0.1) is 6.92 Å². The lowest BCUT2D eigenvalue weighted by Gasteiger charge is -2.22. The molecule has 4 heteroatoms. The van der Waals surface area contributed by atoms with E-state index in [2.05, 4.69) is 34.3 Å². The molecule has 0 fully saturated rings. The Morgan fingerprint density at radius 1 is 0.885 bits per heavy atom. The number of hydrogen-bond acceptors (Lipinski definition) is 4. The first-order valence-corrected chi connectivity index (χ1v) is 8.53. The van der Waals surface area contributed by atoms with Gasteiger partial charge >= 0.3 is 0 Å². The van der Waals surface area contributed by atoms with E-state index in [4.69, 9.17) is 0 Å².